The summed E-state index contributed by atoms with van der Waals surface area (Å²) in [6.45, 7) is 6.45. The zero-order valence-electron chi connectivity index (χ0n) is 12.1. The van der Waals surface area contributed by atoms with Crippen molar-refractivity contribution < 1.29 is 9.32 Å². The van der Waals surface area contributed by atoms with Gasteiger partial charge in [-0.25, -0.2) is 4.98 Å². The maximum atomic E-state index is 12.1. The van der Waals surface area contributed by atoms with Crippen molar-refractivity contribution in [2.45, 2.75) is 46.2 Å². The van der Waals surface area contributed by atoms with Crippen LogP contribution in [0.15, 0.2) is 23.2 Å². The molecule has 0 spiro atoms. The van der Waals surface area contributed by atoms with Gasteiger partial charge < -0.3 is 14.4 Å². The summed E-state index contributed by atoms with van der Waals surface area (Å²) in [5.74, 6) is 0.701. The molecule has 108 valence electrons. The molecule has 0 aliphatic carbocycles. The minimum Gasteiger partial charge on any atom is -0.361 e. The first-order chi connectivity index (χ1) is 9.60. The lowest BCUT2D eigenvalue weighted by molar-refractivity contribution is -0.121. The molecule has 2 heterocycles. The van der Waals surface area contributed by atoms with Gasteiger partial charge in [-0.15, -0.1) is 0 Å². The first-order valence-electron chi connectivity index (χ1n) is 6.77. The Kier molecular flexibility index (Phi) is 4.55. The third-order valence-electron chi connectivity index (χ3n) is 3.37. The quantitative estimate of drug-likeness (QED) is 0.870. The van der Waals surface area contributed by atoms with E-state index in [2.05, 4.69) is 22.4 Å². The van der Waals surface area contributed by atoms with E-state index in [1.165, 1.54) is 0 Å². The fourth-order valence-electron chi connectivity index (χ4n) is 2.12. The standard InChI is InChI=1S/C14H20N4O2/c1-4-12(8-18-6-5-15-9-18)16-14(19)7-13-10(2)17-20-11(13)3/h5-6,9,12H,4,7-8H2,1-3H3,(H,16,19)/t12-/m1/s1. The number of hydrogen-bond donors (Lipinski definition) is 1. The van der Waals surface area contributed by atoms with Crippen LogP contribution in [0, 0.1) is 13.8 Å². The number of aromatic nitrogens is 3. The number of imidazole rings is 1. The highest BCUT2D eigenvalue weighted by atomic mass is 16.5. The number of nitrogens with zero attached hydrogens (tertiary/aromatic N) is 3. The second kappa shape index (κ2) is 6.36. The fraction of sp³-hybridized carbons (Fsp3) is 0.500. The molecule has 20 heavy (non-hydrogen) atoms. The number of hydrogen-bond acceptors (Lipinski definition) is 4. The van der Waals surface area contributed by atoms with Crippen LogP contribution in [0.2, 0.25) is 0 Å². The Morgan fingerprint density at radius 2 is 2.30 bits per heavy atom. The molecule has 0 radical (unpaired) electrons. The minimum atomic E-state index is -0.00800. The highest BCUT2D eigenvalue weighted by molar-refractivity contribution is 5.79. The largest absolute Gasteiger partial charge is 0.361 e. The molecule has 0 unspecified atom stereocenters. The van der Waals surface area contributed by atoms with Gasteiger partial charge in [-0.05, 0) is 20.3 Å². The van der Waals surface area contributed by atoms with Crippen molar-refractivity contribution in [3.8, 4) is 0 Å². The Hall–Kier alpha value is -2.11. The summed E-state index contributed by atoms with van der Waals surface area (Å²) in [4.78, 5) is 16.1. The van der Waals surface area contributed by atoms with Crippen LogP contribution in [-0.2, 0) is 17.8 Å². The van der Waals surface area contributed by atoms with Gasteiger partial charge in [-0.2, -0.15) is 0 Å². The van der Waals surface area contributed by atoms with E-state index in [0.717, 1.165) is 24.2 Å². The average molecular weight is 276 g/mol. The van der Waals surface area contributed by atoms with Crippen LogP contribution < -0.4 is 5.32 Å². The SMILES string of the molecule is CC[C@H](Cn1ccnc1)NC(=O)Cc1c(C)noc1C. The molecule has 0 bridgehead atoms. The van der Waals surface area contributed by atoms with Crippen LogP contribution in [0.5, 0.6) is 0 Å². The lowest BCUT2D eigenvalue weighted by Crippen LogP contribution is -2.38. The number of aryl methyl sites for hydroxylation is 2. The topological polar surface area (TPSA) is 73.0 Å². The molecule has 0 aromatic carbocycles. The molecule has 0 aliphatic rings. The molecule has 1 N–H and O–H groups in total. The summed E-state index contributed by atoms with van der Waals surface area (Å²) >= 11 is 0. The third-order valence-corrected chi connectivity index (χ3v) is 3.37. The van der Waals surface area contributed by atoms with Gasteiger partial charge in [0.25, 0.3) is 0 Å². The number of rotatable bonds is 6. The summed E-state index contributed by atoms with van der Waals surface area (Å²) < 4.78 is 7.03. The summed E-state index contributed by atoms with van der Waals surface area (Å²) in [7, 11) is 0. The van der Waals surface area contributed by atoms with E-state index in [1.54, 1.807) is 12.5 Å². The predicted octanol–water partition coefficient (Wildman–Crippen LogP) is 1.63. The summed E-state index contributed by atoms with van der Waals surface area (Å²) in [6, 6.07) is 0.0946. The number of carbonyl (C=O) groups excluding carboxylic acids is 1. The molecule has 6 heteroatoms. The van der Waals surface area contributed by atoms with Gasteiger partial charge in [0.1, 0.15) is 5.76 Å². The average Bonchev–Trinajstić information content (AvgIpc) is 3.03. The molecule has 0 fully saturated rings. The van der Waals surface area contributed by atoms with Gasteiger partial charge in [0.2, 0.25) is 5.91 Å². The van der Waals surface area contributed by atoms with Gasteiger partial charge in [0.05, 0.1) is 18.4 Å². The van der Waals surface area contributed by atoms with E-state index < -0.39 is 0 Å². The van der Waals surface area contributed by atoms with E-state index in [-0.39, 0.29) is 11.9 Å². The first-order valence-corrected chi connectivity index (χ1v) is 6.77. The zero-order valence-corrected chi connectivity index (χ0v) is 12.1. The van der Waals surface area contributed by atoms with Gasteiger partial charge in [-0.1, -0.05) is 12.1 Å². The van der Waals surface area contributed by atoms with Crippen LogP contribution in [0.1, 0.15) is 30.4 Å². The van der Waals surface area contributed by atoms with Gasteiger partial charge in [-0.3, -0.25) is 4.79 Å². The van der Waals surface area contributed by atoms with Gasteiger partial charge in [0, 0.05) is 30.5 Å². The molecular weight excluding hydrogens is 256 g/mol. The van der Waals surface area contributed by atoms with E-state index in [1.807, 2.05) is 24.6 Å². The van der Waals surface area contributed by atoms with Crippen LogP contribution in [0.25, 0.3) is 0 Å². The summed E-state index contributed by atoms with van der Waals surface area (Å²) in [6.07, 6.45) is 6.55. The van der Waals surface area contributed by atoms with Crippen molar-refractivity contribution in [3.63, 3.8) is 0 Å². The van der Waals surface area contributed by atoms with Crippen LogP contribution in [-0.4, -0.2) is 26.7 Å². The lowest BCUT2D eigenvalue weighted by Gasteiger charge is -2.17. The molecule has 2 aromatic heterocycles. The maximum absolute atomic E-state index is 12.1. The zero-order chi connectivity index (χ0) is 14.5. The minimum absolute atomic E-state index is 0.00800. The molecule has 0 aliphatic heterocycles. The normalized spacial score (nSPS) is 12.3. The van der Waals surface area contributed by atoms with Crippen molar-refractivity contribution in [2.24, 2.45) is 0 Å². The third kappa shape index (κ3) is 3.46. The number of amides is 1. The molecule has 2 rings (SSSR count). The van der Waals surface area contributed by atoms with Crippen molar-refractivity contribution >= 4 is 5.91 Å². The predicted molar refractivity (Wildman–Crippen MR) is 74.1 cm³/mol. The Balaban J connectivity index is 1.92. The molecule has 2 aromatic rings. The highest BCUT2D eigenvalue weighted by Crippen LogP contribution is 2.12. The second-order valence-corrected chi connectivity index (χ2v) is 4.91. The smallest absolute Gasteiger partial charge is 0.224 e. The second-order valence-electron chi connectivity index (χ2n) is 4.91. The molecular formula is C14H20N4O2. The van der Waals surface area contributed by atoms with Crippen molar-refractivity contribution in [1.29, 1.82) is 0 Å². The van der Waals surface area contributed by atoms with Crippen LogP contribution >= 0.6 is 0 Å². The first kappa shape index (κ1) is 14.3. The Morgan fingerprint density at radius 3 is 2.85 bits per heavy atom. The van der Waals surface area contributed by atoms with Crippen LogP contribution in [0.4, 0.5) is 0 Å². The van der Waals surface area contributed by atoms with Crippen molar-refractivity contribution in [2.75, 3.05) is 0 Å². The molecule has 6 nitrogen and oxygen atoms in total. The Morgan fingerprint density at radius 1 is 1.50 bits per heavy atom. The van der Waals surface area contributed by atoms with Crippen molar-refractivity contribution in [1.82, 2.24) is 20.0 Å². The summed E-state index contributed by atoms with van der Waals surface area (Å²) in [5, 5.41) is 6.90. The van der Waals surface area contributed by atoms with Gasteiger partial charge >= 0.3 is 0 Å². The molecule has 1 atom stereocenters. The van der Waals surface area contributed by atoms with E-state index in [0.29, 0.717) is 12.2 Å². The monoisotopic (exact) mass is 276 g/mol. The van der Waals surface area contributed by atoms with E-state index >= 15 is 0 Å². The van der Waals surface area contributed by atoms with E-state index in [4.69, 9.17) is 4.52 Å². The number of carbonyl (C=O) groups is 1. The fourth-order valence-corrected chi connectivity index (χ4v) is 2.12. The molecule has 0 saturated carbocycles. The highest BCUT2D eigenvalue weighted by Gasteiger charge is 2.16. The lowest BCUT2D eigenvalue weighted by atomic mass is 10.1. The molecule has 1 amide bonds. The summed E-state index contributed by atoms with van der Waals surface area (Å²) in [5.41, 5.74) is 1.65. The Labute approximate surface area is 118 Å². The number of nitrogens with one attached hydrogen (secondary N) is 1. The molecule has 0 saturated heterocycles. The van der Waals surface area contributed by atoms with Crippen molar-refractivity contribution in [3.05, 3.63) is 35.7 Å². The van der Waals surface area contributed by atoms with E-state index in [9.17, 15) is 4.79 Å². The Bertz CT molecular complexity index is 540. The van der Waals surface area contributed by atoms with Crippen LogP contribution in [0.3, 0.4) is 0 Å². The van der Waals surface area contributed by atoms with Gasteiger partial charge in [0.15, 0.2) is 0 Å². The maximum Gasteiger partial charge on any atom is 0.224 e.